The van der Waals surface area contributed by atoms with Gasteiger partial charge in [0.1, 0.15) is 0 Å². The van der Waals surface area contributed by atoms with Crippen LogP contribution in [0.4, 0.5) is 0 Å². The van der Waals surface area contributed by atoms with Crippen LogP contribution in [0.3, 0.4) is 0 Å². The van der Waals surface area contributed by atoms with Gasteiger partial charge in [0, 0.05) is 24.7 Å². The Kier molecular flexibility index (Phi) is 4.04. The molecule has 4 rings (SSSR count). The van der Waals surface area contributed by atoms with Gasteiger partial charge in [-0.1, -0.05) is 35.9 Å². The van der Waals surface area contributed by atoms with E-state index in [1.165, 1.54) is 0 Å². The Bertz CT molecular complexity index is 781. The predicted octanol–water partition coefficient (Wildman–Crippen LogP) is 2.86. The Balaban J connectivity index is 1.70. The fourth-order valence-corrected chi connectivity index (χ4v) is 3.49. The molecule has 0 radical (unpaired) electrons. The maximum atomic E-state index is 13.2. The van der Waals surface area contributed by atoms with Gasteiger partial charge in [-0.05, 0) is 23.8 Å². The number of carbonyl (C=O) groups is 1. The summed E-state index contributed by atoms with van der Waals surface area (Å²) in [7, 11) is 0. The minimum absolute atomic E-state index is 0.0660. The highest BCUT2D eigenvalue weighted by atomic mass is 35.5. The Labute approximate surface area is 145 Å². The van der Waals surface area contributed by atoms with Gasteiger partial charge in [-0.3, -0.25) is 4.79 Å². The van der Waals surface area contributed by atoms with Gasteiger partial charge >= 0.3 is 0 Å². The molecule has 6 heteroatoms. The zero-order chi connectivity index (χ0) is 16.5. The van der Waals surface area contributed by atoms with Gasteiger partial charge in [-0.2, -0.15) is 0 Å². The van der Waals surface area contributed by atoms with E-state index in [9.17, 15) is 4.79 Å². The standard InChI is InChI=1S/C18H17ClN2O3/c19-14-6-2-1-4-12(14)15-10-20-8-9-21(15)18(22)13-5-3-7-16-17(13)24-11-23-16/h1-7,15,20H,8-11H2. The summed E-state index contributed by atoms with van der Waals surface area (Å²) in [5.74, 6) is 1.08. The number of nitrogens with zero attached hydrogens (tertiary/aromatic N) is 1. The molecule has 0 saturated carbocycles. The van der Waals surface area contributed by atoms with Gasteiger partial charge in [-0.15, -0.1) is 0 Å². The fourth-order valence-electron chi connectivity index (χ4n) is 3.22. The lowest BCUT2D eigenvalue weighted by Crippen LogP contribution is -2.48. The Morgan fingerprint density at radius 3 is 2.92 bits per heavy atom. The van der Waals surface area contributed by atoms with E-state index in [-0.39, 0.29) is 18.7 Å². The molecular weight excluding hydrogens is 328 g/mol. The van der Waals surface area contributed by atoms with Crippen molar-refractivity contribution < 1.29 is 14.3 Å². The number of amides is 1. The minimum atomic E-state index is -0.113. The highest BCUT2D eigenvalue weighted by Gasteiger charge is 2.32. The van der Waals surface area contributed by atoms with Gasteiger partial charge in [-0.25, -0.2) is 0 Å². The molecule has 1 amide bonds. The number of nitrogens with one attached hydrogen (secondary N) is 1. The number of para-hydroxylation sites is 1. The van der Waals surface area contributed by atoms with E-state index in [4.69, 9.17) is 21.1 Å². The molecule has 0 aliphatic carbocycles. The van der Waals surface area contributed by atoms with E-state index >= 15 is 0 Å². The van der Waals surface area contributed by atoms with Gasteiger partial charge in [0.25, 0.3) is 5.91 Å². The molecule has 1 fully saturated rings. The molecule has 0 aromatic heterocycles. The Morgan fingerprint density at radius 1 is 1.17 bits per heavy atom. The van der Waals surface area contributed by atoms with Crippen molar-refractivity contribution in [1.29, 1.82) is 0 Å². The molecule has 2 heterocycles. The third-order valence-electron chi connectivity index (χ3n) is 4.40. The number of piperazine rings is 1. The zero-order valence-electron chi connectivity index (χ0n) is 13.0. The molecule has 1 atom stereocenters. The molecule has 2 aromatic carbocycles. The van der Waals surface area contributed by atoms with Crippen molar-refractivity contribution in [3.8, 4) is 11.5 Å². The van der Waals surface area contributed by atoms with Crippen LogP contribution in [0.5, 0.6) is 11.5 Å². The molecular formula is C18H17ClN2O3. The molecule has 1 unspecified atom stereocenters. The first-order chi connectivity index (χ1) is 11.8. The maximum Gasteiger partial charge on any atom is 0.258 e. The van der Waals surface area contributed by atoms with Crippen LogP contribution in [0, 0.1) is 0 Å². The molecule has 2 aliphatic heterocycles. The molecule has 1 saturated heterocycles. The third kappa shape index (κ3) is 2.60. The van der Waals surface area contributed by atoms with Crippen LogP contribution in [-0.4, -0.2) is 37.2 Å². The summed E-state index contributed by atoms with van der Waals surface area (Å²) in [5.41, 5.74) is 1.48. The van der Waals surface area contributed by atoms with E-state index in [1.54, 1.807) is 6.07 Å². The van der Waals surface area contributed by atoms with Gasteiger partial charge in [0.2, 0.25) is 6.79 Å². The van der Waals surface area contributed by atoms with Crippen LogP contribution >= 0.6 is 11.6 Å². The van der Waals surface area contributed by atoms with Crippen molar-refractivity contribution in [3.05, 3.63) is 58.6 Å². The van der Waals surface area contributed by atoms with Crippen molar-refractivity contribution in [2.75, 3.05) is 26.4 Å². The van der Waals surface area contributed by atoms with Gasteiger partial charge < -0.3 is 19.7 Å². The number of rotatable bonds is 2. The number of hydrogen-bond acceptors (Lipinski definition) is 4. The summed E-state index contributed by atoms with van der Waals surface area (Å²) in [6.45, 7) is 2.18. The lowest BCUT2D eigenvalue weighted by Gasteiger charge is -2.37. The van der Waals surface area contributed by atoms with E-state index < -0.39 is 0 Å². The zero-order valence-corrected chi connectivity index (χ0v) is 13.8. The molecule has 2 aromatic rings. The molecule has 24 heavy (non-hydrogen) atoms. The summed E-state index contributed by atoms with van der Waals surface area (Å²) >= 11 is 6.36. The van der Waals surface area contributed by atoms with E-state index in [0.29, 0.717) is 35.2 Å². The summed E-state index contributed by atoms with van der Waals surface area (Å²) in [4.78, 5) is 15.0. The van der Waals surface area contributed by atoms with Crippen molar-refractivity contribution in [2.24, 2.45) is 0 Å². The second-order valence-corrected chi connectivity index (χ2v) is 6.19. The second kappa shape index (κ2) is 6.34. The Morgan fingerprint density at radius 2 is 2.04 bits per heavy atom. The maximum absolute atomic E-state index is 13.2. The highest BCUT2D eigenvalue weighted by molar-refractivity contribution is 6.31. The molecule has 1 N–H and O–H groups in total. The summed E-state index contributed by atoms with van der Waals surface area (Å²) < 4.78 is 10.9. The van der Waals surface area contributed by atoms with E-state index in [0.717, 1.165) is 12.1 Å². The highest BCUT2D eigenvalue weighted by Crippen LogP contribution is 2.37. The van der Waals surface area contributed by atoms with E-state index in [2.05, 4.69) is 5.32 Å². The molecule has 0 spiro atoms. The SMILES string of the molecule is O=C(c1cccc2c1OCO2)N1CCNCC1c1ccccc1Cl. The van der Waals surface area contributed by atoms with Crippen LogP contribution in [0.1, 0.15) is 22.0 Å². The van der Waals surface area contributed by atoms with Crippen molar-refractivity contribution in [1.82, 2.24) is 10.2 Å². The first-order valence-electron chi connectivity index (χ1n) is 7.90. The second-order valence-electron chi connectivity index (χ2n) is 5.78. The van der Waals surface area contributed by atoms with Crippen LogP contribution in [0.15, 0.2) is 42.5 Å². The van der Waals surface area contributed by atoms with Crippen LogP contribution < -0.4 is 14.8 Å². The van der Waals surface area contributed by atoms with Crippen LogP contribution in [-0.2, 0) is 0 Å². The van der Waals surface area contributed by atoms with Gasteiger partial charge in [0.15, 0.2) is 11.5 Å². The van der Waals surface area contributed by atoms with Crippen LogP contribution in [0.2, 0.25) is 5.02 Å². The molecule has 0 bridgehead atoms. The molecule has 124 valence electrons. The number of hydrogen-bond donors (Lipinski definition) is 1. The predicted molar refractivity (Wildman–Crippen MR) is 90.7 cm³/mol. The molecule has 2 aliphatic rings. The van der Waals surface area contributed by atoms with E-state index in [1.807, 2.05) is 41.3 Å². The monoisotopic (exact) mass is 344 g/mol. The number of benzene rings is 2. The Hall–Kier alpha value is -2.24. The largest absolute Gasteiger partial charge is 0.454 e. The first-order valence-corrected chi connectivity index (χ1v) is 8.28. The first kappa shape index (κ1) is 15.3. The lowest BCUT2D eigenvalue weighted by molar-refractivity contribution is 0.0630. The van der Waals surface area contributed by atoms with Crippen molar-refractivity contribution >= 4 is 17.5 Å². The molecule has 5 nitrogen and oxygen atoms in total. The quantitative estimate of drug-likeness (QED) is 0.910. The summed E-state index contributed by atoms with van der Waals surface area (Å²) in [6.07, 6.45) is 0. The van der Waals surface area contributed by atoms with Crippen molar-refractivity contribution in [2.45, 2.75) is 6.04 Å². The topological polar surface area (TPSA) is 50.8 Å². The minimum Gasteiger partial charge on any atom is -0.454 e. The smallest absolute Gasteiger partial charge is 0.258 e. The number of fused-ring (bicyclic) bond motifs is 1. The van der Waals surface area contributed by atoms with Crippen LogP contribution in [0.25, 0.3) is 0 Å². The lowest BCUT2D eigenvalue weighted by atomic mass is 10.0. The summed E-state index contributed by atoms with van der Waals surface area (Å²) in [6, 6.07) is 12.9. The van der Waals surface area contributed by atoms with Gasteiger partial charge in [0.05, 0.1) is 11.6 Å². The number of carbonyl (C=O) groups excluding carboxylic acids is 1. The summed E-state index contributed by atoms with van der Waals surface area (Å²) in [5, 5.41) is 4.01. The number of halogens is 1. The van der Waals surface area contributed by atoms with Crippen molar-refractivity contribution in [3.63, 3.8) is 0 Å². The average molecular weight is 345 g/mol. The normalized spacial score (nSPS) is 19.4. The number of ether oxygens (including phenoxy) is 2. The average Bonchev–Trinajstić information content (AvgIpc) is 3.10. The third-order valence-corrected chi connectivity index (χ3v) is 4.74. The fraction of sp³-hybridized carbons (Fsp3) is 0.278.